The lowest BCUT2D eigenvalue weighted by molar-refractivity contribution is -0.149. The lowest BCUT2D eigenvalue weighted by Gasteiger charge is -2.32. The fourth-order valence-corrected chi connectivity index (χ4v) is 3.00. The van der Waals surface area contributed by atoms with Crippen molar-refractivity contribution in [3.8, 4) is 0 Å². The van der Waals surface area contributed by atoms with Gasteiger partial charge in [-0.05, 0) is 45.7 Å². The normalized spacial score (nSPS) is 28.8. The fourth-order valence-electron chi connectivity index (χ4n) is 3.00. The summed E-state index contributed by atoms with van der Waals surface area (Å²) in [4.78, 5) is 13.4. The molecule has 1 N–H and O–H groups in total. The van der Waals surface area contributed by atoms with E-state index in [-0.39, 0.29) is 17.4 Å². The molecule has 4 nitrogen and oxygen atoms in total. The predicted molar refractivity (Wildman–Crippen MR) is 71.8 cm³/mol. The smallest absolute Gasteiger partial charge is 0.373 e. The largest absolute Gasteiger partial charge is 0.401 e. The van der Waals surface area contributed by atoms with Crippen molar-refractivity contribution in [3.05, 3.63) is 0 Å². The van der Waals surface area contributed by atoms with Gasteiger partial charge in [-0.1, -0.05) is 0 Å². The van der Waals surface area contributed by atoms with Gasteiger partial charge in [-0.2, -0.15) is 13.2 Å². The molecule has 7 heteroatoms. The molecule has 2 aliphatic heterocycles. The SMILES string of the molecule is C[C@@]1(CNC(=O)C2CCN(CC(F)(F)F)CC2)CCCO1. The molecule has 1 atom stereocenters. The van der Waals surface area contributed by atoms with Crippen LogP contribution in [0, 0.1) is 5.92 Å². The molecule has 1 amide bonds. The van der Waals surface area contributed by atoms with Crippen molar-refractivity contribution < 1.29 is 22.7 Å². The molecule has 122 valence electrons. The Morgan fingerprint density at radius 3 is 2.57 bits per heavy atom. The first-order valence-corrected chi connectivity index (χ1v) is 7.48. The van der Waals surface area contributed by atoms with Crippen molar-refractivity contribution in [1.29, 1.82) is 0 Å². The Kier molecular flexibility index (Phi) is 5.14. The van der Waals surface area contributed by atoms with E-state index in [1.165, 1.54) is 4.90 Å². The Morgan fingerprint density at radius 2 is 2.05 bits per heavy atom. The maximum atomic E-state index is 12.3. The third-order valence-corrected chi connectivity index (χ3v) is 4.30. The molecule has 2 fully saturated rings. The van der Waals surface area contributed by atoms with E-state index >= 15 is 0 Å². The Labute approximate surface area is 123 Å². The summed E-state index contributed by atoms with van der Waals surface area (Å²) in [7, 11) is 0. The van der Waals surface area contributed by atoms with Gasteiger partial charge in [0.1, 0.15) is 0 Å². The topological polar surface area (TPSA) is 41.6 Å². The number of halogens is 3. The van der Waals surface area contributed by atoms with Crippen LogP contribution in [0.4, 0.5) is 13.2 Å². The second kappa shape index (κ2) is 6.52. The van der Waals surface area contributed by atoms with Crippen molar-refractivity contribution in [2.45, 2.75) is 44.4 Å². The first kappa shape index (κ1) is 16.5. The number of piperidine rings is 1. The quantitative estimate of drug-likeness (QED) is 0.863. The third-order valence-electron chi connectivity index (χ3n) is 4.30. The predicted octanol–water partition coefficient (Wildman–Crippen LogP) is 1.95. The average Bonchev–Trinajstić information content (AvgIpc) is 2.82. The zero-order chi connectivity index (χ0) is 15.5. The number of amides is 1. The summed E-state index contributed by atoms with van der Waals surface area (Å²) in [6.45, 7) is 2.95. The zero-order valence-electron chi connectivity index (χ0n) is 12.3. The van der Waals surface area contributed by atoms with E-state index in [9.17, 15) is 18.0 Å². The van der Waals surface area contributed by atoms with Gasteiger partial charge in [-0.25, -0.2) is 0 Å². The number of hydrogen-bond donors (Lipinski definition) is 1. The highest BCUT2D eigenvalue weighted by Crippen LogP contribution is 2.25. The molecular formula is C14H23F3N2O2. The minimum Gasteiger partial charge on any atom is -0.373 e. The van der Waals surface area contributed by atoms with Gasteiger partial charge in [0.05, 0.1) is 12.1 Å². The maximum Gasteiger partial charge on any atom is 0.401 e. The Morgan fingerprint density at radius 1 is 1.38 bits per heavy atom. The van der Waals surface area contributed by atoms with E-state index < -0.39 is 12.7 Å². The van der Waals surface area contributed by atoms with E-state index in [1.807, 2.05) is 6.92 Å². The zero-order valence-corrected chi connectivity index (χ0v) is 12.3. The molecule has 0 bridgehead atoms. The van der Waals surface area contributed by atoms with Gasteiger partial charge in [0.2, 0.25) is 5.91 Å². The van der Waals surface area contributed by atoms with Crippen LogP contribution < -0.4 is 5.32 Å². The van der Waals surface area contributed by atoms with Crippen LogP contribution in [0.3, 0.4) is 0 Å². The summed E-state index contributed by atoms with van der Waals surface area (Å²) in [6, 6.07) is 0. The number of nitrogens with zero attached hydrogens (tertiary/aromatic N) is 1. The number of alkyl halides is 3. The molecule has 0 aromatic heterocycles. The number of hydrogen-bond acceptors (Lipinski definition) is 3. The highest BCUT2D eigenvalue weighted by Gasteiger charge is 2.35. The van der Waals surface area contributed by atoms with Gasteiger partial charge in [0.25, 0.3) is 0 Å². The summed E-state index contributed by atoms with van der Waals surface area (Å²) in [6.07, 6.45) is -1.26. The highest BCUT2D eigenvalue weighted by molar-refractivity contribution is 5.78. The standard InChI is InChI=1S/C14H23F3N2O2/c1-13(5-2-8-21-13)9-18-12(20)11-3-6-19(7-4-11)10-14(15,16)17/h11H,2-10H2,1H3,(H,18,20)/t13-/m0/s1. The number of carbonyl (C=O) groups is 1. The van der Waals surface area contributed by atoms with Gasteiger partial charge >= 0.3 is 6.18 Å². The number of rotatable bonds is 4. The Bertz CT molecular complexity index is 360. The molecule has 2 aliphatic rings. The molecule has 0 aromatic rings. The van der Waals surface area contributed by atoms with Crippen LogP contribution in [0.1, 0.15) is 32.6 Å². The first-order chi connectivity index (χ1) is 9.77. The van der Waals surface area contributed by atoms with Crippen molar-refractivity contribution in [2.75, 3.05) is 32.8 Å². The van der Waals surface area contributed by atoms with Gasteiger partial charge in [-0.3, -0.25) is 9.69 Å². The second-order valence-electron chi connectivity index (χ2n) is 6.29. The monoisotopic (exact) mass is 308 g/mol. The number of ether oxygens (including phenoxy) is 1. The first-order valence-electron chi connectivity index (χ1n) is 7.48. The highest BCUT2D eigenvalue weighted by atomic mass is 19.4. The van der Waals surface area contributed by atoms with Crippen molar-refractivity contribution in [2.24, 2.45) is 5.92 Å². The van der Waals surface area contributed by atoms with Gasteiger partial charge in [0, 0.05) is 19.1 Å². The molecule has 2 heterocycles. The van der Waals surface area contributed by atoms with E-state index in [4.69, 9.17) is 4.74 Å². The minimum atomic E-state index is -4.16. The second-order valence-corrected chi connectivity index (χ2v) is 6.29. The van der Waals surface area contributed by atoms with Crippen LogP contribution in [0.2, 0.25) is 0 Å². The third kappa shape index (κ3) is 5.14. The van der Waals surface area contributed by atoms with Crippen LogP contribution >= 0.6 is 0 Å². The molecule has 0 radical (unpaired) electrons. The Balaban J connectivity index is 1.70. The van der Waals surface area contributed by atoms with Gasteiger partial charge < -0.3 is 10.1 Å². The van der Waals surface area contributed by atoms with Crippen molar-refractivity contribution >= 4 is 5.91 Å². The van der Waals surface area contributed by atoms with Crippen LogP contribution in [0.5, 0.6) is 0 Å². The van der Waals surface area contributed by atoms with Crippen LogP contribution in [0.25, 0.3) is 0 Å². The molecular weight excluding hydrogens is 285 g/mol. The molecule has 2 rings (SSSR count). The summed E-state index contributed by atoms with van der Waals surface area (Å²) in [5.74, 6) is -0.238. The molecule has 0 unspecified atom stereocenters. The van der Waals surface area contributed by atoms with E-state index in [0.717, 1.165) is 19.4 Å². The van der Waals surface area contributed by atoms with E-state index in [2.05, 4.69) is 5.32 Å². The molecule has 0 spiro atoms. The summed E-state index contributed by atoms with van der Waals surface area (Å²) >= 11 is 0. The lowest BCUT2D eigenvalue weighted by atomic mass is 9.95. The minimum absolute atomic E-state index is 0.0571. The summed E-state index contributed by atoms with van der Waals surface area (Å²) in [5.41, 5.74) is -0.285. The van der Waals surface area contributed by atoms with E-state index in [1.54, 1.807) is 0 Å². The number of likely N-dealkylation sites (tertiary alicyclic amines) is 1. The maximum absolute atomic E-state index is 12.3. The number of nitrogens with one attached hydrogen (secondary N) is 1. The Hall–Kier alpha value is -0.820. The summed E-state index contributed by atoms with van der Waals surface area (Å²) in [5, 5.41) is 2.89. The summed E-state index contributed by atoms with van der Waals surface area (Å²) < 4.78 is 42.5. The molecule has 2 saturated heterocycles. The fraction of sp³-hybridized carbons (Fsp3) is 0.929. The van der Waals surface area contributed by atoms with Crippen molar-refractivity contribution in [3.63, 3.8) is 0 Å². The van der Waals surface area contributed by atoms with Crippen LogP contribution in [-0.4, -0.2) is 55.4 Å². The average molecular weight is 308 g/mol. The lowest BCUT2D eigenvalue weighted by Crippen LogP contribution is -2.46. The van der Waals surface area contributed by atoms with Crippen LogP contribution in [0.15, 0.2) is 0 Å². The van der Waals surface area contributed by atoms with Gasteiger partial charge in [0.15, 0.2) is 0 Å². The van der Waals surface area contributed by atoms with Crippen molar-refractivity contribution in [1.82, 2.24) is 10.2 Å². The number of carbonyl (C=O) groups excluding carboxylic acids is 1. The molecule has 0 aromatic carbocycles. The van der Waals surface area contributed by atoms with E-state index in [0.29, 0.717) is 32.5 Å². The molecule has 0 saturated carbocycles. The molecule has 21 heavy (non-hydrogen) atoms. The van der Waals surface area contributed by atoms with Gasteiger partial charge in [-0.15, -0.1) is 0 Å². The molecule has 0 aliphatic carbocycles. The van der Waals surface area contributed by atoms with Crippen LogP contribution in [-0.2, 0) is 9.53 Å².